The summed E-state index contributed by atoms with van der Waals surface area (Å²) in [6.45, 7) is 2.59. The van der Waals surface area contributed by atoms with E-state index in [-0.39, 0.29) is 17.8 Å². The molecule has 1 aromatic heterocycles. The van der Waals surface area contributed by atoms with E-state index in [1.165, 1.54) is 9.13 Å². The topological polar surface area (TPSA) is 53.2 Å². The van der Waals surface area contributed by atoms with Gasteiger partial charge in [-0.15, -0.1) is 0 Å². The number of halogens is 2. The van der Waals surface area contributed by atoms with E-state index in [1.54, 1.807) is 13.3 Å². The highest BCUT2D eigenvalue weighted by Crippen LogP contribution is 2.22. The van der Waals surface area contributed by atoms with Gasteiger partial charge in [-0.05, 0) is 53.3 Å². The molecule has 0 aliphatic rings. The van der Waals surface area contributed by atoms with Gasteiger partial charge in [0.2, 0.25) is 0 Å². The van der Waals surface area contributed by atoms with Crippen LogP contribution >= 0.6 is 38.5 Å². The molecule has 1 aromatic carbocycles. The number of nitrogens with zero attached hydrogens (tertiary/aromatic N) is 2. The summed E-state index contributed by atoms with van der Waals surface area (Å²) in [4.78, 5) is 24.5. The maximum absolute atomic E-state index is 12.3. The Balaban J connectivity index is 2.57. The van der Waals surface area contributed by atoms with Crippen LogP contribution in [0.1, 0.15) is 12.5 Å². The molecule has 0 spiro atoms. The van der Waals surface area contributed by atoms with E-state index >= 15 is 0 Å². The fourth-order valence-corrected chi connectivity index (χ4v) is 2.95. The second-order valence-corrected chi connectivity index (χ2v) is 6.41. The number of aryl methyl sites for hydroxylation is 1. The highest BCUT2D eigenvalue weighted by molar-refractivity contribution is 14.1. The summed E-state index contributed by atoms with van der Waals surface area (Å²) in [5.41, 5.74) is 0.232. The molecule has 2 rings (SSSR count). The third-order valence-electron chi connectivity index (χ3n) is 3.12. The summed E-state index contributed by atoms with van der Waals surface area (Å²) in [5.74, 6) is 0.683. The van der Waals surface area contributed by atoms with Crippen molar-refractivity contribution < 1.29 is 4.74 Å². The molecule has 0 saturated heterocycles. The Morgan fingerprint density at radius 1 is 1.33 bits per heavy atom. The zero-order chi connectivity index (χ0) is 15.6. The maximum atomic E-state index is 12.3. The van der Waals surface area contributed by atoms with E-state index in [0.717, 1.165) is 10.0 Å². The Kier molecular flexibility index (Phi) is 5.26. The van der Waals surface area contributed by atoms with Crippen molar-refractivity contribution in [1.82, 2.24) is 9.13 Å². The molecule has 1 heterocycles. The second kappa shape index (κ2) is 6.78. The molecule has 0 unspecified atom stereocenters. The van der Waals surface area contributed by atoms with E-state index in [2.05, 4.69) is 15.9 Å². The van der Waals surface area contributed by atoms with Crippen LogP contribution in [0, 0.1) is 3.57 Å². The molecule has 0 amide bonds. The minimum absolute atomic E-state index is 0.201. The lowest BCUT2D eigenvalue weighted by molar-refractivity contribution is 0.414. The first kappa shape index (κ1) is 16.3. The molecule has 0 N–H and O–H groups in total. The quantitative estimate of drug-likeness (QED) is 0.653. The zero-order valence-corrected chi connectivity index (χ0v) is 15.3. The number of benzene rings is 1. The fourth-order valence-electron chi connectivity index (χ4n) is 1.95. The van der Waals surface area contributed by atoms with Gasteiger partial charge in [0.05, 0.1) is 17.2 Å². The molecule has 2 aromatic rings. The van der Waals surface area contributed by atoms with Crippen LogP contribution in [-0.2, 0) is 13.1 Å². The largest absolute Gasteiger partial charge is 0.497 e. The molecule has 0 saturated carbocycles. The number of hydrogen-bond acceptors (Lipinski definition) is 3. The van der Waals surface area contributed by atoms with E-state index in [1.807, 2.05) is 47.7 Å². The van der Waals surface area contributed by atoms with E-state index < -0.39 is 0 Å². The normalized spacial score (nSPS) is 10.7. The van der Waals surface area contributed by atoms with Crippen LogP contribution in [0.5, 0.6) is 5.75 Å². The predicted octanol–water partition coefficient (Wildman–Crippen LogP) is 2.45. The first-order valence-electron chi connectivity index (χ1n) is 6.30. The molecule has 7 heteroatoms. The number of ether oxygens (including phenoxy) is 1. The summed E-state index contributed by atoms with van der Waals surface area (Å²) in [6, 6.07) is 5.47. The van der Waals surface area contributed by atoms with Crippen molar-refractivity contribution in [3.8, 4) is 5.75 Å². The van der Waals surface area contributed by atoms with Crippen molar-refractivity contribution in [2.45, 2.75) is 20.0 Å². The first-order valence-corrected chi connectivity index (χ1v) is 8.17. The Labute approximate surface area is 143 Å². The third kappa shape index (κ3) is 3.39. The summed E-state index contributed by atoms with van der Waals surface area (Å²) in [5, 5.41) is 0. The molecule has 0 bridgehead atoms. The van der Waals surface area contributed by atoms with Crippen LogP contribution in [0.2, 0.25) is 0 Å². The highest BCUT2D eigenvalue weighted by Gasteiger charge is 2.11. The Bertz CT molecular complexity index is 783. The molecule has 0 aliphatic carbocycles. The standard InChI is InChI=1S/C14H14BrIN2O3/c1-3-17-8-12(16)13(19)18(14(17)20)7-9-6-10(21-2)4-5-11(9)15/h4-6,8H,3,7H2,1-2H3. The molecule has 5 nitrogen and oxygen atoms in total. The van der Waals surface area contributed by atoms with Crippen molar-refractivity contribution in [3.05, 3.63) is 58.8 Å². The van der Waals surface area contributed by atoms with Gasteiger partial charge in [-0.1, -0.05) is 15.9 Å². The second-order valence-electron chi connectivity index (χ2n) is 4.39. The monoisotopic (exact) mass is 464 g/mol. The van der Waals surface area contributed by atoms with E-state index in [9.17, 15) is 9.59 Å². The molecule has 0 radical (unpaired) electrons. The average Bonchev–Trinajstić information content (AvgIpc) is 2.49. The summed E-state index contributed by atoms with van der Waals surface area (Å²) in [7, 11) is 1.58. The van der Waals surface area contributed by atoms with Crippen molar-refractivity contribution in [1.29, 1.82) is 0 Å². The summed E-state index contributed by atoms with van der Waals surface area (Å²) < 4.78 is 9.30. The number of hydrogen-bond donors (Lipinski definition) is 0. The number of methoxy groups -OCH3 is 1. The average molecular weight is 465 g/mol. The maximum Gasteiger partial charge on any atom is 0.331 e. The van der Waals surface area contributed by atoms with Gasteiger partial charge in [-0.2, -0.15) is 0 Å². The molecular formula is C14H14BrIN2O3. The van der Waals surface area contributed by atoms with Crippen LogP contribution in [-0.4, -0.2) is 16.2 Å². The highest BCUT2D eigenvalue weighted by atomic mass is 127. The van der Waals surface area contributed by atoms with Gasteiger partial charge in [-0.25, -0.2) is 4.79 Å². The minimum Gasteiger partial charge on any atom is -0.497 e. The van der Waals surface area contributed by atoms with Gasteiger partial charge in [0.1, 0.15) is 5.75 Å². The van der Waals surface area contributed by atoms with Gasteiger partial charge in [-0.3, -0.25) is 13.9 Å². The van der Waals surface area contributed by atoms with Gasteiger partial charge < -0.3 is 4.74 Å². The first-order chi connectivity index (χ1) is 9.97. The summed E-state index contributed by atoms with van der Waals surface area (Å²) in [6.07, 6.45) is 1.59. The molecule has 0 fully saturated rings. The number of rotatable bonds is 4. The minimum atomic E-state index is -0.308. The lowest BCUT2D eigenvalue weighted by Gasteiger charge is -2.11. The van der Waals surface area contributed by atoms with Crippen molar-refractivity contribution in [2.24, 2.45) is 0 Å². The lowest BCUT2D eigenvalue weighted by atomic mass is 10.2. The third-order valence-corrected chi connectivity index (χ3v) is 4.63. The molecule has 21 heavy (non-hydrogen) atoms. The Hall–Kier alpha value is -1.09. The van der Waals surface area contributed by atoms with Crippen LogP contribution in [0.3, 0.4) is 0 Å². The fraction of sp³-hybridized carbons (Fsp3) is 0.286. The molecule has 0 aliphatic heterocycles. The molecular weight excluding hydrogens is 451 g/mol. The van der Waals surface area contributed by atoms with Crippen LogP contribution < -0.4 is 16.0 Å². The van der Waals surface area contributed by atoms with Crippen molar-refractivity contribution in [3.63, 3.8) is 0 Å². The van der Waals surface area contributed by atoms with Crippen LogP contribution in [0.15, 0.2) is 38.5 Å². The van der Waals surface area contributed by atoms with Gasteiger partial charge in [0, 0.05) is 17.2 Å². The van der Waals surface area contributed by atoms with Crippen molar-refractivity contribution >= 4 is 38.5 Å². The molecule has 112 valence electrons. The number of aromatic nitrogens is 2. The predicted molar refractivity (Wildman–Crippen MR) is 93.1 cm³/mol. The molecule has 0 atom stereocenters. The van der Waals surface area contributed by atoms with Gasteiger partial charge in [0.15, 0.2) is 0 Å². The van der Waals surface area contributed by atoms with Crippen LogP contribution in [0.4, 0.5) is 0 Å². The lowest BCUT2D eigenvalue weighted by Crippen LogP contribution is -2.41. The zero-order valence-electron chi connectivity index (χ0n) is 11.6. The smallest absolute Gasteiger partial charge is 0.331 e. The summed E-state index contributed by atoms with van der Waals surface area (Å²) >= 11 is 5.39. The van der Waals surface area contributed by atoms with Crippen LogP contribution in [0.25, 0.3) is 0 Å². The Morgan fingerprint density at radius 3 is 2.67 bits per heavy atom. The van der Waals surface area contributed by atoms with Gasteiger partial charge in [0.25, 0.3) is 5.56 Å². The SMILES string of the molecule is CCn1cc(I)c(=O)n(Cc2cc(OC)ccc2Br)c1=O. The Morgan fingerprint density at radius 2 is 2.05 bits per heavy atom. The van der Waals surface area contributed by atoms with E-state index in [4.69, 9.17) is 4.74 Å². The van der Waals surface area contributed by atoms with Gasteiger partial charge >= 0.3 is 5.69 Å². The van der Waals surface area contributed by atoms with Crippen molar-refractivity contribution in [2.75, 3.05) is 7.11 Å². The van der Waals surface area contributed by atoms with E-state index in [0.29, 0.717) is 15.9 Å².